The van der Waals surface area contributed by atoms with Gasteiger partial charge in [0.2, 0.25) is 0 Å². The molecular formula is C24H15Br3. The zero-order chi connectivity index (χ0) is 18.8. The number of halogens is 3. The minimum absolute atomic E-state index is 1.08. The highest BCUT2D eigenvalue weighted by atomic mass is 79.9. The lowest BCUT2D eigenvalue weighted by molar-refractivity contribution is 1.54. The van der Waals surface area contributed by atoms with Crippen molar-refractivity contribution in [2.45, 2.75) is 0 Å². The third-order valence-electron chi connectivity index (χ3n) is 4.51. The van der Waals surface area contributed by atoms with Crippen molar-refractivity contribution in [2.75, 3.05) is 0 Å². The average molecular weight is 543 g/mol. The van der Waals surface area contributed by atoms with Gasteiger partial charge in [0.15, 0.2) is 0 Å². The fourth-order valence-electron chi connectivity index (χ4n) is 3.12. The van der Waals surface area contributed by atoms with Crippen molar-refractivity contribution in [2.24, 2.45) is 0 Å². The Kier molecular flexibility index (Phi) is 5.63. The fraction of sp³-hybridized carbons (Fsp3) is 0. The molecule has 27 heavy (non-hydrogen) atoms. The van der Waals surface area contributed by atoms with Gasteiger partial charge < -0.3 is 0 Å². The number of hydrogen-bond acceptors (Lipinski definition) is 0. The highest BCUT2D eigenvalue weighted by molar-refractivity contribution is 9.11. The maximum atomic E-state index is 3.54. The summed E-state index contributed by atoms with van der Waals surface area (Å²) in [5.41, 5.74) is 7.28. The zero-order valence-electron chi connectivity index (χ0n) is 14.3. The maximum absolute atomic E-state index is 3.54. The Morgan fingerprint density at radius 3 is 1.19 bits per heavy atom. The van der Waals surface area contributed by atoms with Gasteiger partial charge in [0.1, 0.15) is 0 Å². The van der Waals surface area contributed by atoms with Gasteiger partial charge in [-0.05, 0) is 75.8 Å². The van der Waals surface area contributed by atoms with Crippen LogP contribution in [-0.2, 0) is 0 Å². The maximum Gasteiger partial charge on any atom is 0.0175 e. The molecular weight excluding hydrogens is 528 g/mol. The van der Waals surface area contributed by atoms with Crippen molar-refractivity contribution < 1.29 is 0 Å². The molecule has 4 aromatic rings. The van der Waals surface area contributed by atoms with Crippen LogP contribution in [0.1, 0.15) is 0 Å². The Labute approximate surface area is 184 Å². The van der Waals surface area contributed by atoms with E-state index in [-0.39, 0.29) is 0 Å². The van der Waals surface area contributed by atoms with E-state index in [0.29, 0.717) is 0 Å². The molecule has 0 heterocycles. The van der Waals surface area contributed by atoms with Crippen molar-refractivity contribution in [3.05, 3.63) is 104 Å². The fourth-order valence-corrected chi connectivity index (χ4v) is 3.91. The predicted octanol–water partition coefficient (Wildman–Crippen LogP) is 8.98. The molecule has 4 rings (SSSR count). The molecule has 0 unspecified atom stereocenters. The van der Waals surface area contributed by atoms with Gasteiger partial charge in [0, 0.05) is 13.4 Å². The highest BCUT2D eigenvalue weighted by Crippen LogP contribution is 2.36. The molecule has 0 aromatic heterocycles. The van der Waals surface area contributed by atoms with Gasteiger partial charge in [-0.3, -0.25) is 0 Å². The number of hydrogen-bond donors (Lipinski definition) is 0. The van der Waals surface area contributed by atoms with Crippen molar-refractivity contribution in [1.29, 1.82) is 0 Å². The van der Waals surface area contributed by atoms with Gasteiger partial charge in [0.25, 0.3) is 0 Å². The summed E-state index contributed by atoms with van der Waals surface area (Å²) >= 11 is 10.6. The first-order valence-corrected chi connectivity index (χ1v) is 10.9. The van der Waals surface area contributed by atoms with E-state index < -0.39 is 0 Å². The molecule has 0 amide bonds. The van der Waals surface area contributed by atoms with Crippen LogP contribution in [0.15, 0.2) is 104 Å². The van der Waals surface area contributed by atoms with Crippen LogP contribution >= 0.6 is 47.8 Å². The van der Waals surface area contributed by atoms with E-state index in [1.165, 1.54) is 33.4 Å². The van der Waals surface area contributed by atoms with Gasteiger partial charge in [-0.1, -0.05) is 96.3 Å². The van der Waals surface area contributed by atoms with Crippen LogP contribution in [0.2, 0.25) is 0 Å². The molecule has 0 N–H and O–H groups in total. The SMILES string of the molecule is Brc1ccc(-c2ccc(-c3ccc(Br)cc3)c(-c3ccc(Br)cc3)c2)cc1. The van der Waals surface area contributed by atoms with E-state index in [9.17, 15) is 0 Å². The summed E-state index contributed by atoms with van der Waals surface area (Å²) in [5, 5.41) is 0. The molecule has 3 heteroatoms. The second-order valence-corrected chi connectivity index (χ2v) is 9.03. The van der Waals surface area contributed by atoms with E-state index in [1.807, 2.05) is 0 Å². The van der Waals surface area contributed by atoms with Gasteiger partial charge in [-0.2, -0.15) is 0 Å². The summed E-state index contributed by atoms with van der Waals surface area (Å²) in [6.07, 6.45) is 0. The summed E-state index contributed by atoms with van der Waals surface area (Å²) in [6, 6.07) is 32.1. The third kappa shape index (κ3) is 4.26. The second-order valence-electron chi connectivity index (χ2n) is 6.28. The Hall–Kier alpha value is -1.68. The molecule has 132 valence electrons. The molecule has 0 aliphatic heterocycles. The number of benzene rings is 4. The smallest absolute Gasteiger partial charge is 0.0175 e. The Morgan fingerprint density at radius 2 is 0.704 bits per heavy atom. The Balaban J connectivity index is 1.89. The first-order valence-electron chi connectivity index (χ1n) is 8.52. The van der Waals surface area contributed by atoms with E-state index in [4.69, 9.17) is 0 Å². The first kappa shape index (κ1) is 18.7. The minimum atomic E-state index is 1.08. The summed E-state index contributed by atoms with van der Waals surface area (Å²) in [5.74, 6) is 0. The largest absolute Gasteiger partial charge is 0.0537 e. The monoisotopic (exact) mass is 540 g/mol. The van der Waals surface area contributed by atoms with Gasteiger partial charge in [-0.25, -0.2) is 0 Å². The van der Waals surface area contributed by atoms with E-state index in [2.05, 4.69) is 139 Å². The molecule has 0 radical (unpaired) electrons. The predicted molar refractivity (Wildman–Crippen MR) is 126 cm³/mol. The average Bonchev–Trinajstić information content (AvgIpc) is 2.69. The van der Waals surface area contributed by atoms with E-state index >= 15 is 0 Å². The number of rotatable bonds is 3. The molecule has 0 bridgehead atoms. The first-order chi connectivity index (χ1) is 13.1. The Bertz CT molecular complexity index is 1060. The second kappa shape index (κ2) is 8.14. The molecule has 0 spiro atoms. The summed E-state index contributed by atoms with van der Waals surface area (Å²) in [7, 11) is 0. The third-order valence-corrected chi connectivity index (χ3v) is 6.09. The summed E-state index contributed by atoms with van der Waals surface area (Å²) in [4.78, 5) is 0. The molecule has 0 saturated heterocycles. The van der Waals surface area contributed by atoms with Crippen LogP contribution in [0.3, 0.4) is 0 Å². The lowest BCUT2D eigenvalue weighted by atomic mass is 9.91. The Morgan fingerprint density at radius 1 is 0.333 bits per heavy atom. The summed E-state index contributed by atoms with van der Waals surface area (Å²) in [6.45, 7) is 0. The van der Waals surface area contributed by atoms with Crippen molar-refractivity contribution in [3.63, 3.8) is 0 Å². The minimum Gasteiger partial charge on any atom is -0.0537 e. The zero-order valence-corrected chi connectivity index (χ0v) is 19.1. The van der Waals surface area contributed by atoms with Gasteiger partial charge in [0.05, 0.1) is 0 Å². The van der Waals surface area contributed by atoms with Crippen molar-refractivity contribution >= 4 is 47.8 Å². The summed E-state index contributed by atoms with van der Waals surface area (Å²) < 4.78 is 3.26. The van der Waals surface area contributed by atoms with Crippen LogP contribution < -0.4 is 0 Å². The van der Waals surface area contributed by atoms with Gasteiger partial charge >= 0.3 is 0 Å². The van der Waals surface area contributed by atoms with E-state index in [0.717, 1.165) is 13.4 Å². The van der Waals surface area contributed by atoms with Crippen molar-refractivity contribution in [1.82, 2.24) is 0 Å². The van der Waals surface area contributed by atoms with Crippen LogP contribution in [0, 0.1) is 0 Å². The molecule has 4 aromatic carbocycles. The molecule has 0 fully saturated rings. The normalized spacial score (nSPS) is 10.8. The highest BCUT2D eigenvalue weighted by Gasteiger charge is 2.10. The molecule has 0 saturated carbocycles. The van der Waals surface area contributed by atoms with Gasteiger partial charge in [-0.15, -0.1) is 0 Å². The molecule has 0 aliphatic rings. The standard InChI is InChI=1S/C24H15Br3/c25-20-8-1-16(2-9-20)19-7-14-23(17-3-10-21(26)11-4-17)24(15-19)18-5-12-22(27)13-6-18/h1-15H. The van der Waals surface area contributed by atoms with Crippen LogP contribution in [0.4, 0.5) is 0 Å². The quantitative estimate of drug-likeness (QED) is 0.242. The lowest BCUT2D eigenvalue weighted by Gasteiger charge is -2.14. The van der Waals surface area contributed by atoms with Crippen LogP contribution in [0.25, 0.3) is 33.4 Å². The topological polar surface area (TPSA) is 0 Å². The molecule has 0 aliphatic carbocycles. The van der Waals surface area contributed by atoms with Crippen LogP contribution in [-0.4, -0.2) is 0 Å². The van der Waals surface area contributed by atoms with Crippen molar-refractivity contribution in [3.8, 4) is 33.4 Å². The van der Waals surface area contributed by atoms with Crippen LogP contribution in [0.5, 0.6) is 0 Å². The molecule has 0 atom stereocenters. The van der Waals surface area contributed by atoms with E-state index in [1.54, 1.807) is 0 Å². The lowest BCUT2D eigenvalue weighted by Crippen LogP contribution is -1.88. The molecule has 0 nitrogen and oxygen atoms in total.